The lowest BCUT2D eigenvalue weighted by Gasteiger charge is -1.79. The van der Waals surface area contributed by atoms with Crippen LogP contribution in [0, 0.1) is 0 Å². The van der Waals surface area contributed by atoms with Gasteiger partial charge >= 0.3 is 0 Å². The van der Waals surface area contributed by atoms with E-state index in [-0.39, 0.29) is 6.15 Å². The minimum atomic E-state index is 0. The van der Waals surface area contributed by atoms with Crippen molar-refractivity contribution in [3.63, 3.8) is 0 Å². The van der Waals surface area contributed by atoms with Crippen LogP contribution >= 0.6 is 0 Å². The molecule has 0 aromatic rings. The molecule has 0 aromatic heterocycles. The molecule has 0 aliphatic carbocycles. The summed E-state index contributed by atoms with van der Waals surface area (Å²) in [6, 6.07) is 0. The van der Waals surface area contributed by atoms with Crippen LogP contribution in [0.15, 0.2) is 12.2 Å². The zero-order valence-electron chi connectivity index (χ0n) is 4.61. The van der Waals surface area contributed by atoms with E-state index in [2.05, 4.69) is 6.58 Å². The molecular formula is C5H11NO. The Morgan fingerprint density at radius 1 is 1.86 bits per heavy atom. The number of carbonyl (C=O) groups is 1. The fourth-order valence-corrected chi connectivity index (χ4v) is 0.0833. The van der Waals surface area contributed by atoms with Gasteiger partial charge in [-0.25, -0.2) is 0 Å². The molecule has 0 saturated carbocycles. The van der Waals surface area contributed by atoms with Crippen LogP contribution in [0.2, 0.25) is 0 Å². The van der Waals surface area contributed by atoms with Crippen molar-refractivity contribution in [3.8, 4) is 0 Å². The summed E-state index contributed by atoms with van der Waals surface area (Å²) in [4.78, 5) is 9.64. The van der Waals surface area contributed by atoms with Gasteiger partial charge in [-0.05, 0) is 12.0 Å². The first-order chi connectivity index (χ1) is 2.81. The van der Waals surface area contributed by atoms with E-state index < -0.39 is 0 Å². The number of carbonyl (C=O) groups excluding carboxylic acids is 1. The summed E-state index contributed by atoms with van der Waals surface area (Å²) in [5, 5.41) is 0. The van der Waals surface area contributed by atoms with Gasteiger partial charge in [0, 0.05) is 0 Å². The normalized spacial score (nSPS) is 6.43. The monoisotopic (exact) mass is 101 g/mol. The number of hydrogen-bond donors (Lipinski definition) is 1. The van der Waals surface area contributed by atoms with E-state index in [1.165, 1.54) is 0 Å². The van der Waals surface area contributed by atoms with Crippen molar-refractivity contribution in [1.29, 1.82) is 0 Å². The maximum atomic E-state index is 9.64. The maximum Gasteiger partial charge on any atom is 0.145 e. The zero-order valence-corrected chi connectivity index (χ0v) is 4.61. The van der Waals surface area contributed by atoms with E-state index >= 15 is 0 Å². The quantitative estimate of drug-likeness (QED) is 0.421. The van der Waals surface area contributed by atoms with Crippen molar-refractivity contribution in [3.05, 3.63) is 12.2 Å². The number of rotatable bonds is 2. The van der Waals surface area contributed by atoms with Gasteiger partial charge in [-0.3, -0.25) is 4.79 Å². The highest BCUT2D eigenvalue weighted by molar-refractivity contribution is 5.71. The van der Waals surface area contributed by atoms with Gasteiger partial charge in [0.15, 0.2) is 0 Å². The SMILES string of the molecule is C=C(C=O)CC.N. The van der Waals surface area contributed by atoms with Gasteiger partial charge in [0.05, 0.1) is 0 Å². The van der Waals surface area contributed by atoms with Gasteiger partial charge in [0.25, 0.3) is 0 Å². The summed E-state index contributed by atoms with van der Waals surface area (Å²) in [5.74, 6) is 0. The second-order valence-corrected chi connectivity index (χ2v) is 1.13. The topological polar surface area (TPSA) is 52.1 Å². The van der Waals surface area contributed by atoms with Crippen LogP contribution < -0.4 is 6.15 Å². The molecule has 0 spiro atoms. The third-order valence-electron chi connectivity index (χ3n) is 0.621. The highest BCUT2D eigenvalue weighted by Gasteiger charge is 1.77. The zero-order chi connectivity index (χ0) is 4.99. The average molecular weight is 101 g/mol. The van der Waals surface area contributed by atoms with Gasteiger partial charge in [-0.2, -0.15) is 0 Å². The van der Waals surface area contributed by atoms with Crippen molar-refractivity contribution in [2.45, 2.75) is 13.3 Å². The predicted molar refractivity (Wildman–Crippen MR) is 30.5 cm³/mol. The fraction of sp³-hybridized carbons (Fsp3) is 0.400. The standard InChI is InChI=1S/C5H8O.H3N/c1-3-5(2)4-6;/h4H,2-3H2,1H3;1H3. The number of allylic oxidation sites excluding steroid dienone is 1. The summed E-state index contributed by atoms with van der Waals surface area (Å²) < 4.78 is 0. The van der Waals surface area contributed by atoms with Crippen molar-refractivity contribution >= 4 is 6.29 Å². The molecule has 7 heavy (non-hydrogen) atoms. The predicted octanol–water partition coefficient (Wildman–Crippen LogP) is 1.31. The average Bonchev–Trinajstić information content (AvgIpc) is 1.65. The third-order valence-corrected chi connectivity index (χ3v) is 0.621. The van der Waals surface area contributed by atoms with E-state index in [9.17, 15) is 4.79 Å². The molecule has 2 heteroatoms. The van der Waals surface area contributed by atoms with Crippen LogP contribution in [0.4, 0.5) is 0 Å². The molecule has 42 valence electrons. The molecule has 0 unspecified atom stereocenters. The van der Waals surface area contributed by atoms with Crippen molar-refractivity contribution in [1.82, 2.24) is 6.15 Å². The fourth-order valence-electron chi connectivity index (χ4n) is 0.0833. The second-order valence-electron chi connectivity index (χ2n) is 1.13. The van der Waals surface area contributed by atoms with E-state index in [1.54, 1.807) is 0 Å². The van der Waals surface area contributed by atoms with E-state index in [0.717, 1.165) is 12.7 Å². The first kappa shape index (κ1) is 9.62. The molecule has 0 aromatic carbocycles. The Kier molecular flexibility index (Phi) is 7.38. The molecule has 0 heterocycles. The van der Waals surface area contributed by atoms with Crippen molar-refractivity contribution in [2.75, 3.05) is 0 Å². The van der Waals surface area contributed by atoms with Crippen LogP contribution in [0.5, 0.6) is 0 Å². The smallest absolute Gasteiger partial charge is 0.145 e. The largest absolute Gasteiger partial charge is 0.344 e. The van der Waals surface area contributed by atoms with Gasteiger partial charge in [0.2, 0.25) is 0 Å². The first-order valence-corrected chi connectivity index (χ1v) is 1.94. The molecule has 0 saturated heterocycles. The Labute approximate surface area is 43.8 Å². The molecule has 2 nitrogen and oxygen atoms in total. The lowest BCUT2D eigenvalue weighted by molar-refractivity contribution is -0.105. The van der Waals surface area contributed by atoms with E-state index in [1.807, 2.05) is 6.92 Å². The Morgan fingerprint density at radius 2 is 2.29 bits per heavy atom. The Balaban J connectivity index is 0. The number of aldehydes is 1. The summed E-state index contributed by atoms with van der Waals surface area (Å²) in [5.41, 5.74) is 0.662. The molecule has 3 N–H and O–H groups in total. The molecule has 0 atom stereocenters. The molecular weight excluding hydrogens is 90.1 g/mol. The van der Waals surface area contributed by atoms with Gasteiger partial charge in [-0.15, -0.1) is 0 Å². The summed E-state index contributed by atoms with van der Waals surface area (Å²) in [6.07, 6.45) is 1.55. The van der Waals surface area contributed by atoms with Crippen molar-refractivity contribution in [2.24, 2.45) is 0 Å². The summed E-state index contributed by atoms with van der Waals surface area (Å²) in [6.45, 7) is 5.32. The van der Waals surface area contributed by atoms with Gasteiger partial charge < -0.3 is 6.15 Å². The Hall–Kier alpha value is -0.630. The molecule has 0 aliphatic rings. The Morgan fingerprint density at radius 3 is 2.29 bits per heavy atom. The highest BCUT2D eigenvalue weighted by atomic mass is 16.1. The van der Waals surface area contributed by atoms with Crippen LogP contribution in [-0.2, 0) is 4.79 Å². The molecule has 0 bridgehead atoms. The molecule has 0 amide bonds. The number of hydrogen-bond acceptors (Lipinski definition) is 2. The summed E-state index contributed by atoms with van der Waals surface area (Å²) in [7, 11) is 0. The van der Waals surface area contributed by atoms with Crippen LogP contribution in [0.1, 0.15) is 13.3 Å². The minimum Gasteiger partial charge on any atom is -0.344 e. The minimum absolute atomic E-state index is 0. The molecule has 0 aliphatic heterocycles. The third kappa shape index (κ3) is 5.37. The lowest BCUT2D eigenvalue weighted by atomic mass is 10.3. The van der Waals surface area contributed by atoms with E-state index in [4.69, 9.17) is 0 Å². The van der Waals surface area contributed by atoms with Crippen LogP contribution in [-0.4, -0.2) is 6.29 Å². The van der Waals surface area contributed by atoms with Crippen molar-refractivity contribution < 1.29 is 4.79 Å². The molecule has 0 fully saturated rings. The van der Waals surface area contributed by atoms with Crippen LogP contribution in [0.3, 0.4) is 0 Å². The maximum absolute atomic E-state index is 9.64. The molecule has 0 radical (unpaired) electrons. The highest BCUT2D eigenvalue weighted by Crippen LogP contribution is 1.86. The first-order valence-electron chi connectivity index (χ1n) is 1.94. The summed E-state index contributed by atoms with van der Waals surface area (Å²) >= 11 is 0. The van der Waals surface area contributed by atoms with E-state index in [0.29, 0.717) is 5.57 Å². The lowest BCUT2D eigenvalue weighted by Crippen LogP contribution is -1.73. The van der Waals surface area contributed by atoms with Gasteiger partial charge in [-0.1, -0.05) is 13.5 Å². The Bertz CT molecular complexity index is 68.5. The van der Waals surface area contributed by atoms with Crippen LogP contribution in [0.25, 0.3) is 0 Å². The molecule has 0 rings (SSSR count). The second kappa shape index (κ2) is 5.37. The van der Waals surface area contributed by atoms with Gasteiger partial charge in [0.1, 0.15) is 6.29 Å².